The molecule has 132 valence electrons. The zero-order valence-corrected chi connectivity index (χ0v) is 13.1. The maximum absolute atomic E-state index is 13.8. The molecule has 0 fully saturated rings. The Kier molecular flexibility index (Phi) is 5.68. The zero-order valence-electron chi connectivity index (χ0n) is 13.1. The second-order valence-corrected chi connectivity index (χ2v) is 5.42. The average Bonchev–Trinajstić information content (AvgIpc) is 2.52. The Bertz CT molecular complexity index is 814. The third kappa shape index (κ3) is 5.00. The highest BCUT2D eigenvalue weighted by Crippen LogP contribution is 2.16. The molecule has 9 heteroatoms. The van der Waals surface area contributed by atoms with Crippen molar-refractivity contribution in [2.75, 3.05) is 0 Å². The van der Waals surface area contributed by atoms with E-state index in [4.69, 9.17) is 5.11 Å². The first kappa shape index (κ1) is 18.4. The Labute approximate surface area is 140 Å². The van der Waals surface area contributed by atoms with Crippen LogP contribution in [0.15, 0.2) is 24.4 Å². The number of nitrogens with zero attached hydrogens (tertiary/aromatic N) is 2. The van der Waals surface area contributed by atoms with Gasteiger partial charge >= 0.3 is 5.97 Å². The number of carbonyl (C=O) groups is 2. The molecule has 0 unspecified atom stereocenters. The van der Waals surface area contributed by atoms with E-state index in [1.54, 1.807) is 6.92 Å². The van der Waals surface area contributed by atoms with E-state index in [-0.39, 0.29) is 17.5 Å². The number of hydrogen-bond acceptors (Lipinski definition) is 4. The minimum Gasteiger partial charge on any atom is -0.481 e. The highest BCUT2D eigenvalue weighted by Gasteiger charge is 2.21. The maximum Gasteiger partial charge on any atom is 0.305 e. The van der Waals surface area contributed by atoms with E-state index < -0.39 is 41.8 Å². The summed E-state index contributed by atoms with van der Waals surface area (Å²) in [5.41, 5.74) is 0.386. The second-order valence-electron chi connectivity index (χ2n) is 5.42. The van der Waals surface area contributed by atoms with Crippen molar-refractivity contribution in [1.29, 1.82) is 0 Å². The summed E-state index contributed by atoms with van der Waals surface area (Å²) in [5, 5.41) is 18.7. The number of aliphatic carboxylic acids is 1. The van der Waals surface area contributed by atoms with Gasteiger partial charge in [0.05, 0.1) is 23.9 Å². The number of halogens is 3. The Morgan fingerprint density at radius 3 is 2.48 bits per heavy atom. The molecular formula is C16H14F3N3O3. The van der Waals surface area contributed by atoms with E-state index in [0.29, 0.717) is 17.8 Å². The zero-order chi connectivity index (χ0) is 18.6. The van der Waals surface area contributed by atoms with Gasteiger partial charge in [0, 0.05) is 12.1 Å². The normalized spacial score (nSPS) is 11.8. The first-order chi connectivity index (χ1) is 11.8. The van der Waals surface area contributed by atoms with Crippen LogP contribution in [0.2, 0.25) is 0 Å². The largest absolute Gasteiger partial charge is 0.481 e. The SMILES string of the molecule is Cc1cc(C(=O)N[C@@H](CC(=O)O)Cc2cc(F)c(F)cc2F)cnn1. The number of carboxylic acids is 1. The molecule has 1 amide bonds. The summed E-state index contributed by atoms with van der Waals surface area (Å²) in [7, 11) is 0. The summed E-state index contributed by atoms with van der Waals surface area (Å²) in [6.07, 6.45) is 0.346. The molecule has 1 aromatic carbocycles. The van der Waals surface area contributed by atoms with Gasteiger partial charge in [0.1, 0.15) is 5.82 Å². The molecule has 0 radical (unpaired) electrons. The lowest BCUT2D eigenvalue weighted by atomic mass is 10.0. The van der Waals surface area contributed by atoms with Crippen molar-refractivity contribution in [2.45, 2.75) is 25.8 Å². The van der Waals surface area contributed by atoms with Gasteiger partial charge in [-0.05, 0) is 31.0 Å². The third-order valence-corrected chi connectivity index (χ3v) is 3.35. The molecule has 2 N–H and O–H groups in total. The molecule has 1 heterocycles. The second kappa shape index (κ2) is 7.73. The Morgan fingerprint density at radius 1 is 1.16 bits per heavy atom. The summed E-state index contributed by atoms with van der Waals surface area (Å²) in [5.74, 6) is -5.50. The number of hydrogen-bond donors (Lipinski definition) is 2. The van der Waals surface area contributed by atoms with E-state index in [0.717, 1.165) is 0 Å². The maximum atomic E-state index is 13.8. The smallest absolute Gasteiger partial charge is 0.305 e. The molecule has 0 aliphatic rings. The van der Waals surface area contributed by atoms with E-state index in [1.165, 1.54) is 12.3 Å². The standard InChI is InChI=1S/C16H14F3N3O3/c1-8-2-10(7-20-22-8)16(25)21-11(5-15(23)24)3-9-4-13(18)14(19)6-12(9)17/h2,4,6-7,11H,3,5H2,1H3,(H,21,25)(H,23,24)/t11-/m1/s1. The van der Waals surface area contributed by atoms with Crippen LogP contribution < -0.4 is 5.32 Å². The predicted molar refractivity (Wildman–Crippen MR) is 80.3 cm³/mol. The Morgan fingerprint density at radius 2 is 1.84 bits per heavy atom. The molecule has 25 heavy (non-hydrogen) atoms. The van der Waals surface area contributed by atoms with Gasteiger partial charge in [0.2, 0.25) is 0 Å². The average molecular weight is 353 g/mol. The van der Waals surface area contributed by atoms with Crippen LogP contribution in [0, 0.1) is 24.4 Å². The molecule has 1 aromatic heterocycles. The van der Waals surface area contributed by atoms with Gasteiger partial charge in [-0.1, -0.05) is 0 Å². The van der Waals surface area contributed by atoms with Gasteiger partial charge in [-0.15, -0.1) is 0 Å². The molecule has 2 aromatic rings. The number of benzene rings is 1. The van der Waals surface area contributed by atoms with Gasteiger partial charge in [-0.25, -0.2) is 13.2 Å². The van der Waals surface area contributed by atoms with E-state index in [1.807, 2.05) is 0 Å². The quantitative estimate of drug-likeness (QED) is 0.775. The molecular weight excluding hydrogens is 339 g/mol. The Balaban J connectivity index is 2.20. The first-order valence-corrected chi connectivity index (χ1v) is 7.21. The molecule has 0 bridgehead atoms. The lowest BCUT2D eigenvalue weighted by Crippen LogP contribution is -2.38. The van der Waals surface area contributed by atoms with Gasteiger partial charge in [0.15, 0.2) is 11.6 Å². The fourth-order valence-electron chi connectivity index (χ4n) is 2.24. The van der Waals surface area contributed by atoms with Gasteiger partial charge in [-0.3, -0.25) is 9.59 Å². The summed E-state index contributed by atoms with van der Waals surface area (Å²) in [6.45, 7) is 1.62. The summed E-state index contributed by atoms with van der Waals surface area (Å²) in [6, 6.07) is 1.43. The van der Waals surface area contributed by atoms with Crippen molar-refractivity contribution < 1.29 is 27.9 Å². The first-order valence-electron chi connectivity index (χ1n) is 7.21. The van der Waals surface area contributed by atoms with Crippen LogP contribution in [0.25, 0.3) is 0 Å². The van der Waals surface area contributed by atoms with Crippen LogP contribution in [-0.4, -0.2) is 33.2 Å². The summed E-state index contributed by atoms with van der Waals surface area (Å²) in [4.78, 5) is 23.2. The fraction of sp³-hybridized carbons (Fsp3) is 0.250. The van der Waals surface area contributed by atoms with Crippen LogP contribution in [0.3, 0.4) is 0 Å². The van der Waals surface area contributed by atoms with Gasteiger partial charge in [0.25, 0.3) is 5.91 Å². The molecule has 0 saturated heterocycles. The van der Waals surface area contributed by atoms with E-state index in [9.17, 15) is 22.8 Å². The molecule has 0 saturated carbocycles. The highest BCUT2D eigenvalue weighted by atomic mass is 19.2. The van der Waals surface area contributed by atoms with Crippen LogP contribution in [0.1, 0.15) is 28.0 Å². The molecule has 0 aliphatic carbocycles. The molecule has 0 spiro atoms. The predicted octanol–water partition coefficient (Wildman–Crippen LogP) is 2.02. The van der Waals surface area contributed by atoms with Crippen molar-refractivity contribution in [3.8, 4) is 0 Å². The number of rotatable bonds is 6. The number of carbonyl (C=O) groups excluding carboxylic acids is 1. The van der Waals surface area contributed by atoms with Crippen molar-refractivity contribution >= 4 is 11.9 Å². The van der Waals surface area contributed by atoms with Crippen LogP contribution in [0.5, 0.6) is 0 Å². The fourth-order valence-corrected chi connectivity index (χ4v) is 2.24. The van der Waals surface area contributed by atoms with Gasteiger partial charge in [-0.2, -0.15) is 10.2 Å². The van der Waals surface area contributed by atoms with Crippen molar-refractivity contribution in [3.63, 3.8) is 0 Å². The monoisotopic (exact) mass is 353 g/mol. The number of amides is 1. The number of aromatic nitrogens is 2. The lowest BCUT2D eigenvalue weighted by Gasteiger charge is -2.17. The van der Waals surface area contributed by atoms with Crippen molar-refractivity contribution in [3.05, 3.63) is 58.7 Å². The van der Waals surface area contributed by atoms with Crippen LogP contribution >= 0.6 is 0 Å². The molecule has 1 atom stereocenters. The van der Waals surface area contributed by atoms with Crippen molar-refractivity contribution in [2.24, 2.45) is 0 Å². The minimum absolute atomic E-state index is 0.147. The van der Waals surface area contributed by atoms with E-state index in [2.05, 4.69) is 15.5 Å². The molecule has 6 nitrogen and oxygen atoms in total. The topological polar surface area (TPSA) is 92.2 Å². The summed E-state index contributed by atoms with van der Waals surface area (Å²) >= 11 is 0. The van der Waals surface area contributed by atoms with Crippen LogP contribution in [-0.2, 0) is 11.2 Å². The number of nitrogens with one attached hydrogen (secondary N) is 1. The lowest BCUT2D eigenvalue weighted by molar-refractivity contribution is -0.137. The number of aryl methyl sites for hydroxylation is 1. The van der Waals surface area contributed by atoms with Gasteiger partial charge < -0.3 is 10.4 Å². The highest BCUT2D eigenvalue weighted by molar-refractivity contribution is 5.94. The third-order valence-electron chi connectivity index (χ3n) is 3.35. The molecule has 0 aliphatic heterocycles. The van der Waals surface area contributed by atoms with Crippen LogP contribution in [0.4, 0.5) is 13.2 Å². The van der Waals surface area contributed by atoms with Crippen molar-refractivity contribution in [1.82, 2.24) is 15.5 Å². The minimum atomic E-state index is -1.35. The molecule has 2 rings (SSSR count). The van der Waals surface area contributed by atoms with E-state index >= 15 is 0 Å². The number of carboxylic acid groups (broad SMARTS) is 1. The summed E-state index contributed by atoms with van der Waals surface area (Å²) < 4.78 is 40.0. The Hall–Kier alpha value is -2.97.